The third-order valence-electron chi connectivity index (χ3n) is 4.63. The molecule has 0 N–H and O–H groups in total. The summed E-state index contributed by atoms with van der Waals surface area (Å²) in [6, 6.07) is 19.3. The second-order valence-electron chi connectivity index (χ2n) is 6.56. The molecule has 0 bridgehead atoms. The van der Waals surface area contributed by atoms with Crippen molar-refractivity contribution in [2.45, 2.75) is 13.3 Å². The Hall–Kier alpha value is -3.37. The van der Waals surface area contributed by atoms with Gasteiger partial charge in [-0.15, -0.1) is 0 Å². The van der Waals surface area contributed by atoms with Crippen molar-refractivity contribution in [2.75, 3.05) is 0 Å². The normalized spacial score (nSPS) is 13.9. The van der Waals surface area contributed by atoms with Crippen LogP contribution in [0, 0.1) is 0 Å². The van der Waals surface area contributed by atoms with Crippen molar-refractivity contribution in [1.82, 2.24) is 0 Å². The van der Waals surface area contributed by atoms with Gasteiger partial charge in [-0.05, 0) is 47.9 Å². The smallest absolute Gasteiger partial charge is 0.345 e. The molecule has 0 fully saturated rings. The Bertz CT molecular complexity index is 1130. The first-order valence-corrected chi connectivity index (χ1v) is 9.57. The molecule has 0 amide bonds. The average Bonchev–Trinajstić information content (AvgIpc) is 3.03. The molecule has 1 aliphatic rings. The van der Waals surface area contributed by atoms with Crippen LogP contribution in [0.2, 0.25) is 5.02 Å². The third-order valence-corrected chi connectivity index (χ3v) is 4.96. The number of carbonyl (C=O) groups is 2. The lowest BCUT2D eigenvalue weighted by molar-refractivity contribution is 0.0734. The van der Waals surface area contributed by atoms with Crippen LogP contribution in [0.1, 0.15) is 38.8 Å². The summed E-state index contributed by atoms with van der Waals surface area (Å²) in [6.07, 6.45) is 2.66. The van der Waals surface area contributed by atoms with Crippen LogP contribution in [0.15, 0.2) is 72.5 Å². The number of hydrogen-bond acceptors (Lipinski definition) is 4. The highest BCUT2D eigenvalue weighted by atomic mass is 35.5. The van der Waals surface area contributed by atoms with Gasteiger partial charge in [-0.1, -0.05) is 54.9 Å². The zero-order chi connectivity index (χ0) is 20.4. The summed E-state index contributed by atoms with van der Waals surface area (Å²) in [4.78, 5) is 24.9. The maximum Gasteiger partial charge on any atom is 0.345 e. The number of rotatable bonds is 4. The number of Topliss-reactive ketones (excluding diaryl/α,β-unsaturated/α-hetero) is 1. The fourth-order valence-electron chi connectivity index (χ4n) is 3.02. The molecule has 4 rings (SSSR count). The van der Waals surface area contributed by atoms with Gasteiger partial charge in [0.2, 0.25) is 5.78 Å². The van der Waals surface area contributed by atoms with E-state index in [2.05, 4.69) is 6.92 Å². The minimum absolute atomic E-state index is 0.205. The predicted octanol–water partition coefficient (Wildman–Crippen LogP) is 5.74. The molecule has 144 valence electrons. The molecule has 29 heavy (non-hydrogen) atoms. The molecule has 4 nitrogen and oxygen atoms in total. The van der Waals surface area contributed by atoms with Crippen molar-refractivity contribution in [3.05, 3.63) is 99.8 Å². The Morgan fingerprint density at radius 3 is 2.55 bits per heavy atom. The van der Waals surface area contributed by atoms with E-state index in [-0.39, 0.29) is 22.9 Å². The number of fused-ring (bicyclic) bond motifs is 1. The van der Waals surface area contributed by atoms with Crippen molar-refractivity contribution in [3.63, 3.8) is 0 Å². The van der Waals surface area contributed by atoms with Gasteiger partial charge in [0, 0.05) is 6.07 Å². The largest absolute Gasteiger partial charge is 0.452 e. The topological polar surface area (TPSA) is 52.6 Å². The summed E-state index contributed by atoms with van der Waals surface area (Å²) >= 11 is 6.04. The molecule has 0 radical (unpaired) electrons. The van der Waals surface area contributed by atoms with Crippen LogP contribution in [0.25, 0.3) is 6.08 Å². The number of carbonyl (C=O) groups excluding carboxylic acids is 2. The van der Waals surface area contributed by atoms with Crippen molar-refractivity contribution in [1.29, 1.82) is 0 Å². The summed E-state index contributed by atoms with van der Waals surface area (Å²) in [6.45, 7) is 2.09. The fraction of sp³-hybridized carbons (Fsp3) is 0.0833. The Balaban J connectivity index is 1.54. The van der Waals surface area contributed by atoms with Gasteiger partial charge in [-0.3, -0.25) is 4.79 Å². The molecule has 0 unspecified atom stereocenters. The van der Waals surface area contributed by atoms with E-state index >= 15 is 0 Å². The second kappa shape index (κ2) is 7.94. The molecule has 1 aliphatic heterocycles. The van der Waals surface area contributed by atoms with E-state index in [4.69, 9.17) is 21.1 Å². The molecular weight excluding hydrogens is 388 g/mol. The lowest BCUT2D eigenvalue weighted by atomic mass is 10.1. The molecule has 0 atom stereocenters. The van der Waals surface area contributed by atoms with E-state index in [0.29, 0.717) is 16.3 Å². The standard InChI is InChI=1S/C24H17ClO4/c1-2-15-7-9-16(10-8-15)13-22-23(26)19-12-11-17(14-21(19)29-22)28-24(27)18-5-3-4-6-20(18)25/h3-14H,2H2,1H3/b22-13+. The molecule has 5 heteroatoms. The van der Waals surface area contributed by atoms with E-state index in [9.17, 15) is 9.59 Å². The zero-order valence-electron chi connectivity index (χ0n) is 15.6. The van der Waals surface area contributed by atoms with Gasteiger partial charge in [0.25, 0.3) is 0 Å². The van der Waals surface area contributed by atoms with Gasteiger partial charge in [0.1, 0.15) is 11.5 Å². The number of halogens is 1. The maximum atomic E-state index is 12.6. The summed E-state index contributed by atoms with van der Waals surface area (Å²) in [5, 5.41) is 0.310. The third kappa shape index (κ3) is 3.93. The number of hydrogen-bond donors (Lipinski definition) is 0. The number of esters is 1. The highest BCUT2D eigenvalue weighted by molar-refractivity contribution is 6.33. The molecular formula is C24H17ClO4. The minimum atomic E-state index is -0.577. The van der Waals surface area contributed by atoms with Crippen LogP contribution in [0.3, 0.4) is 0 Å². The monoisotopic (exact) mass is 404 g/mol. The summed E-state index contributed by atoms with van der Waals surface area (Å²) in [7, 11) is 0. The van der Waals surface area contributed by atoms with Crippen LogP contribution in [0.5, 0.6) is 11.5 Å². The lowest BCUT2D eigenvalue weighted by Crippen LogP contribution is -2.09. The first-order valence-electron chi connectivity index (χ1n) is 9.19. The van der Waals surface area contributed by atoms with E-state index in [0.717, 1.165) is 12.0 Å². The van der Waals surface area contributed by atoms with Gasteiger partial charge in [0.15, 0.2) is 5.76 Å². The minimum Gasteiger partial charge on any atom is -0.452 e. The Morgan fingerprint density at radius 2 is 1.83 bits per heavy atom. The van der Waals surface area contributed by atoms with Gasteiger partial charge in [-0.25, -0.2) is 4.79 Å². The maximum absolute atomic E-state index is 12.6. The number of ketones is 1. The van der Waals surface area contributed by atoms with Crippen molar-refractivity contribution < 1.29 is 19.1 Å². The van der Waals surface area contributed by atoms with E-state index in [1.54, 1.807) is 42.5 Å². The van der Waals surface area contributed by atoms with Crippen LogP contribution >= 0.6 is 11.6 Å². The first-order chi connectivity index (χ1) is 14.0. The molecule has 0 aliphatic carbocycles. The van der Waals surface area contributed by atoms with Crippen molar-refractivity contribution in [3.8, 4) is 11.5 Å². The Kier molecular flexibility index (Phi) is 5.19. The van der Waals surface area contributed by atoms with E-state index in [1.807, 2.05) is 24.3 Å². The Labute approximate surface area is 173 Å². The fourth-order valence-corrected chi connectivity index (χ4v) is 3.23. The number of benzene rings is 3. The SMILES string of the molecule is CCc1ccc(/C=C2/Oc3cc(OC(=O)c4ccccc4Cl)ccc3C2=O)cc1. The average molecular weight is 405 g/mol. The molecule has 3 aromatic rings. The highest BCUT2D eigenvalue weighted by Crippen LogP contribution is 2.35. The number of ether oxygens (including phenoxy) is 2. The van der Waals surface area contributed by atoms with E-state index in [1.165, 1.54) is 11.6 Å². The first kappa shape index (κ1) is 19.0. The quantitative estimate of drug-likeness (QED) is 0.316. The van der Waals surface area contributed by atoms with Crippen molar-refractivity contribution >= 4 is 29.4 Å². The van der Waals surface area contributed by atoms with Gasteiger partial charge in [-0.2, -0.15) is 0 Å². The van der Waals surface area contributed by atoms with Crippen LogP contribution in [0.4, 0.5) is 0 Å². The van der Waals surface area contributed by atoms with Gasteiger partial charge in [0.05, 0.1) is 16.1 Å². The lowest BCUT2D eigenvalue weighted by Gasteiger charge is -2.06. The van der Waals surface area contributed by atoms with Crippen molar-refractivity contribution in [2.24, 2.45) is 0 Å². The number of aryl methyl sites for hydroxylation is 1. The second-order valence-corrected chi connectivity index (χ2v) is 6.97. The summed E-state index contributed by atoms with van der Waals surface area (Å²) < 4.78 is 11.1. The molecule has 0 spiro atoms. The van der Waals surface area contributed by atoms with Crippen LogP contribution in [-0.4, -0.2) is 11.8 Å². The van der Waals surface area contributed by atoms with Crippen LogP contribution < -0.4 is 9.47 Å². The number of allylic oxidation sites excluding steroid dienone is 1. The van der Waals surface area contributed by atoms with Gasteiger partial charge >= 0.3 is 5.97 Å². The zero-order valence-corrected chi connectivity index (χ0v) is 16.4. The Morgan fingerprint density at radius 1 is 1.07 bits per heavy atom. The van der Waals surface area contributed by atoms with Gasteiger partial charge < -0.3 is 9.47 Å². The van der Waals surface area contributed by atoms with Crippen LogP contribution in [-0.2, 0) is 6.42 Å². The summed E-state index contributed by atoms with van der Waals surface area (Å²) in [5.74, 6) is 0.0833. The molecule has 0 aromatic heterocycles. The predicted molar refractivity (Wildman–Crippen MR) is 112 cm³/mol. The summed E-state index contributed by atoms with van der Waals surface area (Å²) in [5.41, 5.74) is 2.80. The highest BCUT2D eigenvalue weighted by Gasteiger charge is 2.28. The molecule has 0 saturated carbocycles. The molecule has 3 aromatic carbocycles. The molecule has 1 heterocycles. The molecule has 0 saturated heterocycles. The van der Waals surface area contributed by atoms with E-state index < -0.39 is 5.97 Å².